The fourth-order valence-electron chi connectivity index (χ4n) is 4.60. The second-order valence-corrected chi connectivity index (χ2v) is 13.1. The van der Waals surface area contributed by atoms with Crippen molar-refractivity contribution in [2.75, 3.05) is 39.6 Å². The van der Waals surface area contributed by atoms with E-state index in [1.54, 1.807) is 0 Å². The van der Waals surface area contributed by atoms with Crippen LogP contribution in [0.2, 0.25) is 13.1 Å². The molecule has 11 nitrogen and oxygen atoms in total. The molecule has 38 heavy (non-hydrogen) atoms. The molecule has 0 N–H and O–H groups in total. The van der Waals surface area contributed by atoms with Crippen molar-refractivity contribution in [1.82, 2.24) is 9.80 Å². The average Bonchev–Trinajstić information content (AvgIpc) is 2.86. The molecule has 2 saturated heterocycles. The minimum Gasteiger partial charge on any atom is -0.454 e. The third-order valence-corrected chi connectivity index (χ3v) is 7.48. The fraction of sp³-hybridized carbons (Fsp3) is 0.654. The molecular weight excluding hydrogens is 512 g/mol. The molecule has 2 heterocycles. The summed E-state index contributed by atoms with van der Waals surface area (Å²) in [6.45, 7) is 17.3. The lowest BCUT2D eigenvalue weighted by molar-refractivity contribution is -0.182. The molecule has 4 atom stereocenters. The standard InChI is InChI=1S/C26H40N2O9Si/c1-8-11-35-24(32)23(31)28-18(21(22(28)30)17(26(3,4)5)15-37-38(6)7)14-20(29)19-16-34-13-10-27(19)25(33)36-12-9-2/h8-9,17-19,21,38H,1-2,10-16H2,3-7H3/t17-,18-,19+,21+/m1/s1. The first kappa shape index (κ1) is 31.4. The van der Waals surface area contributed by atoms with Crippen molar-refractivity contribution in [2.24, 2.45) is 17.3 Å². The van der Waals surface area contributed by atoms with Crippen molar-refractivity contribution in [1.29, 1.82) is 0 Å². The zero-order valence-electron chi connectivity index (χ0n) is 23.0. The van der Waals surface area contributed by atoms with Crippen LogP contribution in [0.3, 0.4) is 0 Å². The third kappa shape index (κ3) is 7.61. The number of imide groups is 1. The molecular formula is C26H40N2O9Si. The van der Waals surface area contributed by atoms with Crippen molar-refractivity contribution >= 4 is 38.7 Å². The molecule has 3 amide bonds. The molecule has 0 aliphatic carbocycles. The number of hydrogen-bond acceptors (Lipinski definition) is 9. The zero-order valence-corrected chi connectivity index (χ0v) is 24.1. The van der Waals surface area contributed by atoms with Gasteiger partial charge < -0.3 is 18.6 Å². The van der Waals surface area contributed by atoms with E-state index >= 15 is 0 Å². The van der Waals surface area contributed by atoms with Gasteiger partial charge in [-0.3, -0.25) is 24.2 Å². The number of morpholine rings is 1. The van der Waals surface area contributed by atoms with Gasteiger partial charge in [-0.2, -0.15) is 0 Å². The quantitative estimate of drug-likeness (QED) is 0.124. The van der Waals surface area contributed by atoms with Gasteiger partial charge in [0.2, 0.25) is 5.91 Å². The Morgan fingerprint density at radius 1 is 1.13 bits per heavy atom. The topological polar surface area (TPSA) is 129 Å². The Balaban J connectivity index is 2.36. The SMILES string of the molecule is C=CCOC(=O)C(=O)N1C(=O)[C@@H]([C@@H](CO[SiH](C)C)C(C)(C)C)[C@H]1CC(=O)[C@@H]1COCCN1C(=O)OCC=C. The molecule has 0 spiro atoms. The number of β-lactam (4-membered cyclic amide) rings is 1. The summed E-state index contributed by atoms with van der Waals surface area (Å²) in [6, 6.07) is -1.87. The van der Waals surface area contributed by atoms with E-state index in [1.807, 2.05) is 33.9 Å². The van der Waals surface area contributed by atoms with E-state index in [4.69, 9.17) is 18.6 Å². The van der Waals surface area contributed by atoms with Crippen LogP contribution >= 0.6 is 0 Å². The van der Waals surface area contributed by atoms with Crippen LogP contribution in [0, 0.1) is 17.3 Å². The predicted molar refractivity (Wildman–Crippen MR) is 141 cm³/mol. The highest BCUT2D eigenvalue weighted by molar-refractivity contribution is 6.48. The largest absolute Gasteiger partial charge is 0.454 e. The van der Waals surface area contributed by atoms with Gasteiger partial charge in [0.15, 0.2) is 14.8 Å². The van der Waals surface area contributed by atoms with Crippen molar-refractivity contribution < 1.29 is 42.6 Å². The molecule has 0 aromatic heterocycles. The van der Waals surface area contributed by atoms with Crippen molar-refractivity contribution in [3.8, 4) is 0 Å². The van der Waals surface area contributed by atoms with Crippen LogP contribution < -0.4 is 0 Å². The van der Waals surface area contributed by atoms with E-state index in [0.29, 0.717) is 0 Å². The van der Waals surface area contributed by atoms with E-state index in [-0.39, 0.29) is 51.9 Å². The number of carbonyl (C=O) groups is 5. The summed E-state index contributed by atoms with van der Waals surface area (Å²) >= 11 is 0. The van der Waals surface area contributed by atoms with Crippen LogP contribution in [0.4, 0.5) is 4.79 Å². The van der Waals surface area contributed by atoms with Crippen LogP contribution in [0.15, 0.2) is 25.3 Å². The van der Waals surface area contributed by atoms with Gasteiger partial charge in [-0.15, -0.1) is 0 Å². The summed E-state index contributed by atoms with van der Waals surface area (Å²) in [4.78, 5) is 66.8. The lowest BCUT2D eigenvalue weighted by atomic mass is 9.65. The molecule has 0 aromatic carbocycles. The minimum absolute atomic E-state index is 0.0160. The van der Waals surface area contributed by atoms with Gasteiger partial charge in [-0.1, -0.05) is 46.1 Å². The molecule has 0 radical (unpaired) electrons. The molecule has 12 heteroatoms. The summed E-state index contributed by atoms with van der Waals surface area (Å²) in [5.74, 6) is -4.38. The second kappa shape index (κ2) is 13.8. The Morgan fingerprint density at radius 2 is 1.76 bits per heavy atom. The van der Waals surface area contributed by atoms with Crippen LogP contribution in [-0.4, -0.2) is 100 Å². The average molecular weight is 553 g/mol. The highest BCUT2D eigenvalue weighted by Crippen LogP contribution is 2.44. The molecule has 0 aromatic rings. The first-order chi connectivity index (χ1) is 17.8. The molecule has 2 aliphatic rings. The number of nitrogens with zero attached hydrogens (tertiary/aromatic N) is 2. The van der Waals surface area contributed by atoms with Gasteiger partial charge >= 0.3 is 18.0 Å². The van der Waals surface area contributed by atoms with Gasteiger partial charge in [0.1, 0.15) is 19.3 Å². The van der Waals surface area contributed by atoms with E-state index in [9.17, 15) is 24.0 Å². The minimum atomic E-state index is -1.44. The highest BCUT2D eigenvalue weighted by atomic mass is 28.3. The number of ketones is 1. The highest BCUT2D eigenvalue weighted by Gasteiger charge is 2.58. The Kier molecular flexibility index (Phi) is 11.4. The molecule has 212 valence electrons. The normalized spacial score (nSPS) is 22.4. The van der Waals surface area contributed by atoms with E-state index in [1.165, 1.54) is 17.1 Å². The van der Waals surface area contributed by atoms with Crippen LogP contribution in [0.25, 0.3) is 0 Å². The summed E-state index contributed by atoms with van der Waals surface area (Å²) < 4.78 is 21.4. The van der Waals surface area contributed by atoms with Crippen LogP contribution in [0.5, 0.6) is 0 Å². The van der Waals surface area contributed by atoms with Crippen molar-refractivity contribution in [2.45, 2.75) is 52.4 Å². The number of hydrogen-bond donors (Lipinski definition) is 0. The zero-order chi connectivity index (χ0) is 28.6. The van der Waals surface area contributed by atoms with Gasteiger partial charge in [-0.05, 0) is 24.4 Å². The van der Waals surface area contributed by atoms with Crippen LogP contribution in [0.1, 0.15) is 27.2 Å². The predicted octanol–water partition coefficient (Wildman–Crippen LogP) is 1.71. The molecule has 0 unspecified atom stereocenters. The van der Waals surface area contributed by atoms with Gasteiger partial charge in [-0.25, -0.2) is 9.59 Å². The number of rotatable bonds is 11. The Hall–Kier alpha value is -2.83. The van der Waals surface area contributed by atoms with E-state index < -0.39 is 62.1 Å². The Labute approximate surface area is 225 Å². The lowest BCUT2D eigenvalue weighted by Gasteiger charge is -2.51. The van der Waals surface area contributed by atoms with E-state index in [0.717, 1.165) is 4.90 Å². The first-order valence-corrected chi connectivity index (χ1v) is 15.5. The molecule has 2 rings (SSSR count). The number of ether oxygens (including phenoxy) is 3. The maximum absolute atomic E-state index is 13.5. The second-order valence-electron chi connectivity index (χ2n) is 10.7. The van der Waals surface area contributed by atoms with Crippen molar-refractivity contribution in [3.63, 3.8) is 0 Å². The monoisotopic (exact) mass is 552 g/mol. The van der Waals surface area contributed by atoms with Crippen LogP contribution in [-0.2, 0) is 37.8 Å². The Bertz CT molecular complexity index is 930. The maximum Gasteiger partial charge on any atom is 0.410 e. The summed E-state index contributed by atoms with van der Waals surface area (Å²) in [5.41, 5.74) is -0.405. The summed E-state index contributed by atoms with van der Waals surface area (Å²) in [7, 11) is -1.44. The molecule has 0 saturated carbocycles. The van der Waals surface area contributed by atoms with Gasteiger partial charge in [0.05, 0.1) is 25.2 Å². The number of Topliss-reactive ketones (excluding diaryl/α,β-unsaturated/α-hetero) is 1. The molecule has 2 aliphatic heterocycles. The fourth-order valence-corrected chi connectivity index (χ4v) is 5.20. The lowest BCUT2D eigenvalue weighted by Crippen LogP contribution is -2.69. The van der Waals surface area contributed by atoms with Gasteiger partial charge in [0.25, 0.3) is 0 Å². The number of amides is 3. The van der Waals surface area contributed by atoms with E-state index in [2.05, 4.69) is 13.2 Å². The molecule has 0 bridgehead atoms. The Morgan fingerprint density at radius 3 is 2.34 bits per heavy atom. The third-order valence-electron chi connectivity index (χ3n) is 6.62. The first-order valence-electron chi connectivity index (χ1n) is 12.8. The summed E-state index contributed by atoms with van der Waals surface area (Å²) in [5, 5.41) is 0. The molecule has 2 fully saturated rings. The van der Waals surface area contributed by atoms with Crippen molar-refractivity contribution in [3.05, 3.63) is 25.3 Å². The smallest absolute Gasteiger partial charge is 0.410 e. The number of esters is 1. The summed E-state index contributed by atoms with van der Waals surface area (Å²) in [6.07, 6.45) is 1.78. The number of carbonyl (C=O) groups excluding carboxylic acids is 5. The number of likely N-dealkylation sites (tertiary alicyclic amines) is 1. The maximum atomic E-state index is 13.5. The van der Waals surface area contributed by atoms with Gasteiger partial charge in [0, 0.05) is 19.6 Å².